The summed E-state index contributed by atoms with van der Waals surface area (Å²) in [5, 5.41) is 0. The second-order valence-corrected chi connectivity index (χ2v) is 6.54. The minimum Gasteiger partial charge on any atom is -0.378 e. The number of amides is 1. The van der Waals surface area contributed by atoms with Crippen molar-refractivity contribution in [3.63, 3.8) is 0 Å². The highest BCUT2D eigenvalue weighted by Crippen LogP contribution is 2.50. The summed E-state index contributed by atoms with van der Waals surface area (Å²) in [4.78, 5) is 14.4. The van der Waals surface area contributed by atoms with Crippen LogP contribution in [-0.4, -0.2) is 42.6 Å². The lowest BCUT2D eigenvalue weighted by Gasteiger charge is -2.58. The molecule has 5 heteroatoms. The predicted molar refractivity (Wildman–Crippen MR) is 85.1 cm³/mol. The largest absolute Gasteiger partial charge is 0.378 e. The van der Waals surface area contributed by atoms with E-state index < -0.39 is 5.54 Å². The predicted octanol–water partition coefficient (Wildman–Crippen LogP) is 2.45. The highest BCUT2D eigenvalue weighted by Gasteiger charge is 2.63. The minimum atomic E-state index is -0.783. The van der Waals surface area contributed by atoms with Gasteiger partial charge >= 0.3 is 0 Å². The first-order valence-corrected chi connectivity index (χ1v) is 7.36. The number of rotatable bonds is 6. The van der Waals surface area contributed by atoms with Crippen LogP contribution in [0.4, 0.5) is 0 Å². The summed E-state index contributed by atoms with van der Waals surface area (Å²) in [7, 11) is 1.85. The Morgan fingerprint density at radius 1 is 1.45 bits per heavy atom. The monoisotopic (exact) mass is 306 g/mol. The van der Waals surface area contributed by atoms with Crippen molar-refractivity contribution in [3.05, 3.63) is 0 Å². The molecule has 0 spiro atoms. The summed E-state index contributed by atoms with van der Waals surface area (Å²) in [6.45, 7) is 11.8. The number of halogens is 1. The van der Waals surface area contributed by atoms with Crippen molar-refractivity contribution in [2.75, 3.05) is 20.2 Å². The second-order valence-electron chi connectivity index (χ2n) is 6.54. The van der Waals surface area contributed by atoms with E-state index in [4.69, 9.17) is 10.5 Å². The first kappa shape index (κ1) is 19.7. The molecule has 3 atom stereocenters. The highest BCUT2D eigenvalue weighted by molar-refractivity contribution is 5.88. The van der Waals surface area contributed by atoms with Gasteiger partial charge in [0.25, 0.3) is 0 Å². The molecular formula is C15H31ClN2O2. The molecule has 0 saturated heterocycles. The van der Waals surface area contributed by atoms with Crippen LogP contribution in [0.15, 0.2) is 0 Å². The molecule has 120 valence electrons. The zero-order valence-corrected chi connectivity index (χ0v) is 14.5. The maximum atomic E-state index is 12.6. The van der Waals surface area contributed by atoms with Gasteiger partial charge in [-0.1, -0.05) is 34.1 Å². The standard InChI is InChI=1S/C15H30N2O2.ClH/c1-7-11(3)10-17(6)13(18)15(16)9-12(19-8-2)14(15,4)5;/h11-12H,7-10,16H2,1-6H3;1H. The lowest BCUT2D eigenvalue weighted by molar-refractivity contribution is -0.178. The van der Waals surface area contributed by atoms with E-state index in [0.717, 1.165) is 13.0 Å². The molecule has 1 rings (SSSR count). The van der Waals surface area contributed by atoms with Gasteiger partial charge in [0.05, 0.1) is 6.10 Å². The normalized spacial score (nSPS) is 29.1. The molecular weight excluding hydrogens is 276 g/mol. The van der Waals surface area contributed by atoms with Crippen LogP contribution in [-0.2, 0) is 9.53 Å². The van der Waals surface area contributed by atoms with Crippen LogP contribution in [0.2, 0.25) is 0 Å². The van der Waals surface area contributed by atoms with E-state index in [9.17, 15) is 4.79 Å². The summed E-state index contributed by atoms with van der Waals surface area (Å²) in [6.07, 6.45) is 1.78. The van der Waals surface area contributed by atoms with E-state index in [1.54, 1.807) is 4.90 Å². The second kappa shape index (κ2) is 7.10. The van der Waals surface area contributed by atoms with Gasteiger partial charge in [-0.3, -0.25) is 4.79 Å². The molecule has 0 aromatic heterocycles. The molecule has 0 heterocycles. The van der Waals surface area contributed by atoms with Crippen molar-refractivity contribution in [3.8, 4) is 0 Å². The Morgan fingerprint density at radius 2 is 2.00 bits per heavy atom. The van der Waals surface area contributed by atoms with Crippen LogP contribution < -0.4 is 5.73 Å². The molecule has 20 heavy (non-hydrogen) atoms. The minimum absolute atomic E-state index is 0. The average molecular weight is 307 g/mol. The molecule has 0 aromatic carbocycles. The number of carbonyl (C=O) groups is 1. The number of hydrogen-bond donors (Lipinski definition) is 1. The Kier molecular flexibility index (Phi) is 6.99. The van der Waals surface area contributed by atoms with Crippen molar-refractivity contribution in [2.24, 2.45) is 17.1 Å². The number of likely N-dealkylation sites (N-methyl/N-ethyl adjacent to an activating group) is 1. The van der Waals surface area contributed by atoms with E-state index in [1.165, 1.54) is 0 Å². The molecule has 0 aliphatic heterocycles. The Balaban J connectivity index is 0.00000361. The number of nitrogens with two attached hydrogens (primary N) is 1. The van der Waals surface area contributed by atoms with Gasteiger partial charge in [0, 0.05) is 32.0 Å². The maximum Gasteiger partial charge on any atom is 0.243 e. The Labute approximate surface area is 129 Å². The fourth-order valence-corrected chi connectivity index (χ4v) is 2.82. The van der Waals surface area contributed by atoms with E-state index in [2.05, 4.69) is 13.8 Å². The zero-order valence-electron chi connectivity index (χ0n) is 13.7. The molecule has 0 aromatic rings. The summed E-state index contributed by atoms with van der Waals surface area (Å²) in [6, 6.07) is 0. The summed E-state index contributed by atoms with van der Waals surface area (Å²) in [5.74, 6) is 0.553. The van der Waals surface area contributed by atoms with Crippen LogP contribution in [0, 0.1) is 11.3 Å². The maximum absolute atomic E-state index is 12.6. The molecule has 4 nitrogen and oxygen atoms in total. The van der Waals surface area contributed by atoms with Crippen LogP contribution in [0.1, 0.15) is 47.5 Å². The molecule has 2 N–H and O–H groups in total. The lowest BCUT2D eigenvalue weighted by Crippen LogP contribution is -2.75. The third kappa shape index (κ3) is 3.29. The van der Waals surface area contributed by atoms with Crippen molar-refractivity contribution in [1.29, 1.82) is 0 Å². The lowest BCUT2D eigenvalue weighted by atomic mass is 9.54. The first-order chi connectivity index (χ1) is 8.70. The van der Waals surface area contributed by atoms with Gasteiger partial charge in [-0.15, -0.1) is 12.4 Å². The number of carbonyl (C=O) groups excluding carboxylic acids is 1. The number of ether oxygens (including phenoxy) is 1. The van der Waals surface area contributed by atoms with Gasteiger partial charge in [-0.05, 0) is 12.8 Å². The van der Waals surface area contributed by atoms with Gasteiger partial charge in [-0.2, -0.15) is 0 Å². The van der Waals surface area contributed by atoms with Gasteiger partial charge < -0.3 is 15.4 Å². The fourth-order valence-electron chi connectivity index (χ4n) is 2.82. The molecule has 0 radical (unpaired) electrons. The van der Waals surface area contributed by atoms with E-state index in [-0.39, 0.29) is 29.8 Å². The topological polar surface area (TPSA) is 55.6 Å². The first-order valence-electron chi connectivity index (χ1n) is 7.36. The van der Waals surface area contributed by atoms with E-state index in [0.29, 0.717) is 18.9 Å². The van der Waals surface area contributed by atoms with Crippen molar-refractivity contribution in [2.45, 2.75) is 59.1 Å². The molecule has 1 fully saturated rings. The number of hydrogen-bond acceptors (Lipinski definition) is 3. The van der Waals surface area contributed by atoms with Crippen molar-refractivity contribution < 1.29 is 9.53 Å². The smallest absolute Gasteiger partial charge is 0.243 e. The SMILES string of the molecule is CCOC1CC(N)(C(=O)N(C)CC(C)CC)C1(C)C.Cl. The molecule has 1 amide bonds. The van der Waals surface area contributed by atoms with Gasteiger partial charge in [0.2, 0.25) is 5.91 Å². The Bertz CT molecular complexity index is 336. The average Bonchev–Trinajstić information content (AvgIpc) is 2.36. The zero-order chi connectivity index (χ0) is 14.8. The van der Waals surface area contributed by atoms with Gasteiger partial charge in [-0.25, -0.2) is 0 Å². The van der Waals surface area contributed by atoms with Gasteiger partial charge in [0.15, 0.2) is 0 Å². The van der Waals surface area contributed by atoms with Crippen LogP contribution in [0.25, 0.3) is 0 Å². The Morgan fingerprint density at radius 3 is 2.40 bits per heavy atom. The van der Waals surface area contributed by atoms with Crippen LogP contribution >= 0.6 is 12.4 Å². The molecule has 1 saturated carbocycles. The summed E-state index contributed by atoms with van der Waals surface area (Å²) in [5.41, 5.74) is 5.31. The molecule has 0 bridgehead atoms. The Hall–Kier alpha value is -0.320. The van der Waals surface area contributed by atoms with Crippen LogP contribution in [0.3, 0.4) is 0 Å². The van der Waals surface area contributed by atoms with Crippen LogP contribution in [0.5, 0.6) is 0 Å². The fraction of sp³-hybridized carbons (Fsp3) is 0.933. The third-order valence-electron chi connectivity index (χ3n) is 4.84. The quantitative estimate of drug-likeness (QED) is 0.820. The van der Waals surface area contributed by atoms with Crippen molar-refractivity contribution >= 4 is 18.3 Å². The van der Waals surface area contributed by atoms with Crippen molar-refractivity contribution in [1.82, 2.24) is 4.90 Å². The number of nitrogens with zero attached hydrogens (tertiary/aromatic N) is 1. The molecule has 3 unspecified atom stereocenters. The summed E-state index contributed by atoms with van der Waals surface area (Å²) >= 11 is 0. The van der Waals surface area contributed by atoms with Gasteiger partial charge in [0.1, 0.15) is 5.54 Å². The summed E-state index contributed by atoms with van der Waals surface area (Å²) < 4.78 is 5.67. The molecule has 1 aliphatic carbocycles. The molecule has 1 aliphatic rings. The third-order valence-corrected chi connectivity index (χ3v) is 4.84. The van der Waals surface area contributed by atoms with E-state index in [1.807, 2.05) is 27.8 Å². The van der Waals surface area contributed by atoms with E-state index >= 15 is 0 Å². The highest BCUT2D eigenvalue weighted by atomic mass is 35.5.